The summed E-state index contributed by atoms with van der Waals surface area (Å²) in [5.41, 5.74) is 11.4. The summed E-state index contributed by atoms with van der Waals surface area (Å²) in [7, 11) is 0. The van der Waals surface area contributed by atoms with Crippen LogP contribution in [0.3, 0.4) is 0 Å². The molecule has 1 aromatic heterocycles. The molecule has 0 amide bonds. The average Bonchev–Trinajstić information content (AvgIpc) is 2.07. The quantitative estimate of drug-likeness (QED) is 0.718. The van der Waals surface area contributed by atoms with E-state index < -0.39 is 0 Å². The molecule has 2 heteroatoms. The molecule has 0 saturated heterocycles. The molecule has 0 fully saturated rings. The molecule has 0 aliphatic rings. The van der Waals surface area contributed by atoms with Crippen molar-refractivity contribution in [3.8, 4) is 0 Å². The normalized spacial score (nSPS) is 10.9. The van der Waals surface area contributed by atoms with Crippen LogP contribution in [0.5, 0.6) is 0 Å². The molecule has 0 saturated carbocycles. The first kappa shape index (κ1) is 10.0. The Hall–Kier alpha value is -1.05. The van der Waals surface area contributed by atoms with Crippen molar-refractivity contribution >= 4 is 5.69 Å². The molecule has 1 rings (SSSR count). The van der Waals surface area contributed by atoms with E-state index in [1.807, 2.05) is 6.92 Å². The minimum absolute atomic E-state index is 0.401. The Kier molecular flexibility index (Phi) is 2.60. The molecule has 13 heavy (non-hydrogen) atoms. The molecule has 0 aromatic carbocycles. The van der Waals surface area contributed by atoms with Gasteiger partial charge in [0.05, 0.1) is 11.4 Å². The summed E-state index contributed by atoms with van der Waals surface area (Å²) < 4.78 is 0. The fraction of sp³-hybridized carbons (Fsp3) is 0.545. The summed E-state index contributed by atoms with van der Waals surface area (Å²) >= 11 is 0. The van der Waals surface area contributed by atoms with E-state index in [1.165, 1.54) is 11.1 Å². The molecule has 1 aromatic rings. The molecule has 0 aliphatic carbocycles. The predicted molar refractivity (Wildman–Crippen MR) is 56.9 cm³/mol. The summed E-state index contributed by atoms with van der Waals surface area (Å²) in [6.45, 7) is 10.4. The number of aryl methyl sites for hydroxylation is 1. The van der Waals surface area contributed by atoms with Crippen molar-refractivity contribution < 1.29 is 0 Å². The molecule has 0 radical (unpaired) electrons. The number of pyridine rings is 1. The smallest absolute Gasteiger partial charge is 0.0664 e. The number of nitrogens with zero attached hydrogens (tertiary/aromatic N) is 1. The van der Waals surface area contributed by atoms with Crippen LogP contribution in [-0.2, 0) is 0 Å². The molecule has 0 atom stereocenters. The minimum atomic E-state index is 0.401. The van der Waals surface area contributed by atoms with Gasteiger partial charge in [0.15, 0.2) is 0 Å². The van der Waals surface area contributed by atoms with E-state index in [0.717, 1.165) is 17.1 Å². The lowest BCUT2D eigenvalue weighted by molar-refractivity contribution is 0.814. The van der Waals surface area contributed by atoms with Crippen LogP contribution in [0.25, 0.3) is 0 Å². The molecule has 1 heterocycles. The van der Waals surface area contributed by atoms with E-state index in [2.05, 4.69) is 32.7 Å². The predicted octanol–water partition coefficient (Wildman–Crippen LogP) is 2.71. The Morgan fingerprint density at radius 3 is 2.08 bits per heavy atom. The van der Waals surface area contributed by atoms with Crippen LogP contribution < -0.4 is 5.73 Å². The van der Waals surface area contributed by atoms with Crippen molar-refractivity contribution in [3.05, 3.63) is 22.5 Å². The number of hydrogen-bond donors (Lipinski definition) is 1. The lowest BCUT2D eigenvalue weighted by Crippen LogP contribution is -2.06. The van der Waals surface area contributed by atoms with Gasteiger partial charge in [0.1, 0.15) is 0 Å². The van der Waals surface area contributed by atoms with Crippen molar-refractivity contribution in [2.24, 2.45) is 0 Å². The van der Waals surface area contributed by atoms with Gasteiger partial charge < -0.3 is 5.73 Å². The van der Waals surface area contributed by atoms with Gasteiger partial charge in [-0.3, -0.25) is 4.98 Å². The van der Waals surface area contributed by atoms with Crippen LogP contribution in [0.4, 0.5) is 5.69 Å². The van der Waals surface area contributed by atoms with Gasteiger partial charge in [-0.1, -0.05) is 13.8 Å². The Morgan fingerprint density at radius 2 is 1.62 bits per heavy atom. The SMILES string of the molecule is Cc1nc(C(C)C)c(N)c(C)c1C. The van der Waals surface area contributed by atoms with Crippen LogP contribution in [0, 0.1) is 20.8 Å². The first-order valence-corrected chi connectivity index (χ1v) is 4.68. The van der Waals surface area contributed by atoms with Gasteiger partial charge in [-0.25, -0.2) is 0 Å². The summed E-state index contributed by atoms with van der Waals surface area (Å²) in [5, 5.41) is 0. The van der Waals surface area contributed by atoms with E-state index >= 15 is 0 Å². The maximum Gasteiger partial charge on any atom is 0.0664 e. The lowest BCUT2D eigenvalue weighted by Gasteiger charge is -2.14. The topological polar surface area (TPSA) is 38.9 Å². The highest BCUT2D eigenvalue weighted by molar-refractivity contribution is 5.55. The van der Waals surface area contributed by atoms with Gasteiger partial charge in [0.2, 0.25) is 0 Å². The van der Waals surface area contributed by atoms with Gasteiger partial charge in [-0.2, -0.15) is 0 Å². The number of rotatable bonds is 1. The monoisotopic (exact) mass is 178 g/mol. The van der Waals surface area contributed by atoms with Crippen LogP contribution in [-0.4, -0.2) is 4.98 Å². The second kappa shape index (κ2) is 3.36. The second-order valence-electron chi connectivity index (χ2n) is 3.90. The fourth-order valence-electron chi connectivity index (χ4n) is 1.43. The van der Waals surface area contributed by atoms with Crippen molar-refractivity contribution in [3.63, 3.8) is 0 Å². The maximum absolute atomic E-state index is 5.99. The molecule has 0 aliphatic heterocycles. The van der Waals surface area contributed by atoms with E-state index in [9.17, 15) is 0 Å². The van der Waals surface area contributed by atoms with Gasteiger partial charge in [-0.15, -0.1) is 0 Å². The lowest BCUT2D eigenvalue weighted by atomic mass is 10.0. The van der Waals surface area contributed by atoms with Crippen molar-refractivity contribution in [1.82, 2.24) is 4.98 Å². The summed E-state index contributed by atoms with van der Waals surface area (Å²) in [5.74, 6) is 0.401. The summed E-state index contributed by atoms with van der Waals surface area (Å²) in [6.07, 6.45) is 0. The number of nitrogens with two attached hydrogens (primary N) is 1. The average molecular weight is 178 g/mol. The van der Waals surface area contributed by atoms with E-state index in [4.69, 9.17) is 5.73 Å². The molecule has 0 spiro atoms. The Labute approximate surface area is 80.2 Å². The van der Waals surface area contributed by atoms with Gasteiger partial charge in [-0.05, 0) is 37.8 Å². The minimum Gasteiger partial charge on any atom is -0.397 e. The number of nitrogen functional groups attached to an aromatic ring is 1. The number of anilines is 1. The third-order valence-electron chi connectivity index (χ3n) is 2.62. The van der Waals surface area contributed by atoms with E-state index in [0.29, 0.717) is 5.92 Å². The zero-order valence-corrected chi connectivity index (χ0v) is 9.10. The Morgan fingerprint density at radius 1 is 1.08 bits per heavy atom. The van der Waals surface area contributed by atoms with Gasteiger partial charge in [0, 0.05) is 5.69 Å². The molecule has 2 N–H and O–H groups in total. The zero-order chi connectivity index (χ0) is 10.2. The second-order valence-corrected chi connectivity index (χ2v) is 3.90. The standard InChI is InChI=1S/C11H18N2/c1-6(2)11-10(12)8(4)7(3)9(5)13-11/h6H,12H2,1-5H3. The molecule has 0 bridgehead atoms. The van der Waals surface area contributed by atoms with Crippen molar-refractivity contribution in [1.29, 1.82) is 0 Å². The highest BCUT2D eigenvalue weighted by Gasteiger charge is 2.11. The Balaban J connectivity index is 3.41. The van der Waals surface area contributed by atoms with E-state index in [-0.39, 0.29) is 0 Å². The van der Waals surface area contributed by atoms with E-state index in [1.54, 1.807) is 0 Å². The van der Waals surface area contributed by atoms with Gasteiger partial charge in [0.25, 0.3) is 0 Å². The highest BCUT2D eigenvalue weighted by Crippen LogP contribution is 2.26. The Bertz CT molecular complexity index is 327. The van der Waals surface area contributed by atoms with Crippen LogP contribution in [0.15, 0.2) is 0 Å². The highest BCUT2D eigenvalue weighted by atomic mass is 14.8. The molecular weight excluding hydrogens is 160 g/mol. The molecule has 2 nitrogen and oxygen atoms in total. The zero-order valence-electron chi connectivity index (χ0n) is 9.10. The fourth-order valence-corrected chi connectivity index (χ4v) is 1.43. The maximum atomic E-state index is 5.99. The molecule has 0 unspecified atom stereocenters. The molecular formula is C11H18N2. The first-order valence-electron chi connectivity index (χ1n) is 4.68. The van der Waals surface area contributed by atoms with Crippen LogP contribution in [0.2, 0.25) is 0 Å². The number of hydrogen-bond acceptors (Lipinski definition) is 2. The van der Waals surface area contributed by atoms with Crippen LogP contribution >= 0.6 is 0 Å². The largest absolute Gasteiger partial charge is 0.397 e. The third-order valence-corrected chi connectivity index (χ3v) is 2.62. The molecule has 72 valence electrons. The van der Waals surface area contributed by atoms with Crippen molar-refractivity contribution in [2.75, 3.05) is 5.73 Å². The van der Waals surface area contributed by atoms with Crippen LogP contribution in [0.1, 0.15) is 42.3 Å². The summed E-state index contributed by atoms with van der Waals surface area (Å²) in [4.78, 5) is 4.51. The van der Waals surface area contributed by atoms with Gasteiger partial charge >= 0.3 is 0 Å². The third kappa shape index (κ3) is 1.67. The first-order chi connectivity index (χ1) is 5.95. The van der Waals surface area contributed by atoms with Crippen molar-refractivity contribution in [2.45, 2.75) is 40.5 Å². The number of aromatic nitrogens is 1. The summed E-state index contributed by atoms with van der Waals surface area (Å²) in [6, 6.07) is 0.